The smallest absolute Gasteiger partial charge is 0.229 e. The lowest BCUT2D eigenvalue weighted by molar-refractivity contribution is 0.475. The van der Waals surface area contributed by atoms with Crippen LogP contribution in [0.3, 0.4) is 0 Å². The molecule has 6 heteroatoms. The van der Waals surface area contributed by atoms with E-state index in [1.54, 1.807) is 41.9 Å². The Morgan fingerprint density at radius 2 is 1.89 bits per heavy atom. The topological polar surface area (TPSA) is 78.1 Å². The number of phenols is 2. The second-order valence-corrected chi connectivity index (χ2v) is 4.73. The maximum atomic E-state index is 9.88. The lowest BCUT2D eigenvalue weighted by atomic mass is 10.1. The fourth-order valence-electron chi connectivity index (χ4n) is 1.74. The minimum Gasteiger partial charge on any atom is -0.508 e. The molecule has 0 atom stereocenters. The van der Waals surface area contributed by atoms with Gasteiger partial charge in [0.15, 0.2) is 0 Å². The first-order valence-electron chi connectivity index (χ1n) is 5.50. The minimum atomic E-state index is 0.0124. The van der Waals surface area contributed by atoms with E-state index in [0.29, 0.717) is 16.2 Å². The van der Waals surface area contributed by atoms with Crippen LogP contribution < -0.4 is 0 Å². The van der Waals surface area contributed by atoms with E-state index in [1.165, 1.54) is 11.3 Å². The van der Waals surface area contributed by atoms with Gasteiger partial charge in [-0.3, -0.25) is 0 Å². The third-order valence-corrected chi connectivity index (χ3v) is 3.27. The summed E-state index contributed by atoms with van der Waals surface area (Å²) in [7, 11) is 0. The summed E-state index contributed by atoms with van der Waals surface area (Å²) < 4.78 is 0. The Hall–Kier alpha value is -2.47. The summed E-state index contributed by atoms with van der Waals surface area (Å²) in [5, 5.41) is 31.2. The van der Waals surface area contributed by atoms with Gasteiger partial charge in [0.05, 0.1) is 0 Å². The first-order chi connectivity index (χ1) is 9.24. The van der Waals surface area contributed by atoms with Crippen molar-refractivity contribution in [3.05, 3.63) is 41.9 Å². The van der Waals surface area contributed by atoms with E-state index in [1.807, 2.05) is 0 Å². The third-order valence-electron chi connectivity index (χ3n) is 2.61. The summed E-state index contributed by atoms with van der Waals surface area (Å²) in [6.45, 7) is 0. The molecular formula is C13H9N3O2S. The number of hydrogen-bond donors (Lipinski definition) is 2. The Labute approximate surface area is 112 Å². The summed E-state index contributed by atoms with van der Waals surface area (Å²) in [6, 6.07) is 8.20. The lowest BCUT2D eigenvalue weighted by Gasteiger charge is -2.04. The molecule has 2 N–H and O–H groups in total. The molecule has 0 fully saturated rings. The van der Waals surface area contributed by atoms with Crippen LogP contribution in [0.4, 0.5) is 10.8 Å². The molecule has 0 aliphatic carbocycles. The van der Waals surface area contributed by atoms with Crippen molar-refractivity contribution in [2.75, 3.05) is 0 Å². The minimum absolute atomic E-state index is 0.0124. The molecule has 3 aromatic rings. The highest BCUT2D eigenvalue weighted by atomic mass is 32.1. The lowest BCUT2D eigenvalue weighted by Crippen LogP contribution is -1.75. The number of aromatic nitrogens is 1. The van der Waals surface area contributed by atoms with Crippen molar-refractivity contribution in [3.8, 4) is 11.5 Å². The van der Waals surface area contributed by atoms with Crippen LogP contribution in [-0.2, 0) is 0 Å². The van der Waals surface area contributed by atoms with Crippen molar-refractivity contribution in [2.24, 2.45) is 10.2 Å². The van der Waals surface area contributed by atoms with Gasteiger partial charge in [-0.2, -0.15) is 0 Å². The zero-order valence-corrected chi connectivity index (χ0v) is 10.5. The van der Waals surface area contributed by atoms with Crippen LogP contribution in [0.1, 0.15) is 0 Å². The van der Waals surface area contributed by atoms with Gasteiger partial charge in [-0.1, -0.05) is 12.1 Å². The average Bonchev–Trinajstić information content (AvgIpc) is 2.91. The van der Waals surface area contributed by atoms with E-state index in [-0.39, 0.29) is 11.5 Å². The van der Waals surface area contributed by atoms with Crippen molar-refractivity contribution in [3.63, 3.8) is 0 Å². The number of benzene rings is 2. The van der Waals surface area contributed by atoms with E-state index in [9.17, 15) is 10.2 Å². The van der Waals surface area contributed by atoms with Gasteiger partial charge in [0.1, 0.15) is 17.2 Å². The number of fused-ring (bicyclic) bond motifs is 1. The first kappa shape index (κ1) is 11.6. The Kier molecular flexibility index (Phi) is 2.85. The van der Waals surface area contributed by atoms with Crippen LogP contribution in [0.2, 0.25) is 0 Å². The molecule has 19 heavy (non-hydrogen) atoms. The van der Waals surface area contributed by atoms with Crippen LogP contribution in [-0.4, -0.2) is 15.2 Å². The zero-order chi connectivity index (χ0) is 13.2. The largest absolute Gasteiger partial charge is 0.508 e. The molecule has 0 aliphatic rings. The second-order valence-electron chi connectivity index (χ2n) is 3.85. The van der Waals surface area contributed by atoms with Crippen molar-refractivity contribution < 1.29 is 10.2 Å². The fourth-order valence-corrected chi connectivity index (χ4v) is 2.20. The molecule has 1 aromatic heterocycles. The van der Waals surface area contributed by atoms with E-state index in [2.05, 4.69) is 15.2 Å². The predicted octanol–water partition coefficient (Wildman–Crippen LogP) is 4.12. The molecule has 5 nitrogen and oxygen atoms in total. The molecule has 0 unspecified atom stereocenters. The number of azo groups is 1. The summed E-state index contributed by atoms with van der Waals surface area (Å²) >= 11 is 1.35. The maximum Gasteiger partial charge on any atom is 0.229 e. The van der Waals surface area contributed by atoms with Crippen molar-refractivity contribution in [1.82, 2.24) is 4.98 Å². The standard InChI is InChI=1S/C13H9N3O2S/c17-9-3-1-8-2-4-11(18)12(10(8)7-9)15-16-13-14-5-6-19-13/h1-7,17-18H. The van der Waals surface area contributed by atoms with E-state index in [4.69, 9.17) is 0 Å². The van der Waals surface area contributed by atoms with Crippen molar-refractivity contribution >= 4 is 32.9 Å². The van der Waals surface area contributed by atoms with Crippen molar-refractivity contribution in [1.29, 1.82) is 0 Å². The highest BCUT2D eigenvalue weighted by molar-refractivity contribution is 7.13. The normalized spacial score (nSPS) is 11.4. The summed E-state index contributed by atoms with van der Waals surface area (Å²) in [4.78, 5) is 3.99. The van der Waals surface area contributed by atoms with Gasteiger partial charge in [0.25, 0.3) is 0 Å². The van der Waals surface area contributed by atoms with Crippen LogP contribution >= 0.6 is 11.3 Å². The van der Waals surface area contributed by atoms with Crippen molar-refractivity contribution in [2.45, 2.75) is 0 Å². The number of thiazole rings is 1. The number of nitrogens with zero attached hydrogens (tertiary/aromatic N) is 3. The van der Waals surface area contributed by atoms with Crippen LogP contribution in [0, 0.1) is 0 Å². The Morgan fingerprint density at radius 1 is 1.05 bits per heavy atom. The molecule has 0 radical (unpaired) electrons. The average molecular weight is 271 g/mol. The van der Waals surface area contributed by atoms with Gasteiger partial charge in [-0.05, 0) is 23.6 Å². The van der Waals surface area contributed by atoms with Gasteiger partial charge in [-0.25, -0.2) is 4.98 Å². The van der Waals surface area contributed by atoms with E-state index in [0.717, 1.165) is 5.39 Å². The Balaban J connectivity index is 2.16. The summed E-state index contributed by atoms with van der Waals surface area (Å²) in [6.07, 6.45) is 1.63. The van der Waals surface area contributed by atoms with E-state index >= 15 is 0 Å². The molecule has 0 amide bonds. The highest BCUT2D eigenvalue weighted by Gasteiger charge is 2.07. The molecule has 3 rings (SSSR count). The summed E-state index contributed by atoms with van der Waals surface area (Å²) in [5.41, 5.74) is 0.323. The van der Waals surface area contributed by atoms with Gasteiger partial charge in [0.2, 0.25) is 5.13 Å². The van der Waals surface area contributed by atoms with Gasteiger partial charge in [-0.15, -0.1) is 21.6 Å². The predicted molar refractivity (Wildman–Crippen MR) is 73.6 cm³/mol. The molecule has 2 aromatic carbocycles. The zero-order valence-electron chi connectivity index (χ0n) is 9.69. The number of phenolic OH excluding ortho intramolecular Hbond substituents is 2. The molecule has 0 saturated heterocycles. The van der Waals surface area contributed by atoms with Gasteiger partial charge in [0, 0.05) is 17.0 Å². The highest BCUT2D eigenvalue weighted by Crippen LogP contribution is 2.37. The SMILES string of the molecule is Oc1ccc2ccc(O)c(N=Nc3nccs3)c2c1. The number of hydrogen-bond acceptors (Lipinski definition) is 6. The molecular weight excluding hydrogens is 262 g/mol. The third kappa shape index (κ3) is 2.25. The Morgan fingerprint density at radius 3 is 2.68 bits per heavy atom. The van der Waals surface area contributed by atoms with Gasteiger partial charge >= 0.3 is 0 Å². The molecule has 0 spiro atoms. The van der Waals surface area contributed by atoms with Crippen LogP contribution in [0.15, 0.2) is 52.1 Å². The molecule has 0 aliphatic heterocycles. The monoisotopic (exact) mass is 271 g/mol. The number of aromatic hydroxyl groups is 2. The molecule has 94 valence electrons. The van der Waals surface area contributed by atoms with E-state index < -0.39 is 0 Å². The fraction of sp³-hybridized carbons (Fsp3) is 0. The molecule has 0 saturated carbocycles. The Bertz CT molecular complexity index is 749. The molecule has 0 bridgehead atoms. The number of rotatable bonds is 2. The first-order valence-corrected chi connectivity index (χ1v) is 6.38. The molecule has 1 heterocycles. The van der Waals surface area contributed by atoms with Crippen LogP contribution in [0.5, 0.6) is 11.5 Å². The second kappa shape index (κ2) is 4.66. The summed E-state index contributed by atoms with van der Waals surface area (Å²) in [5.74, 6) is 0.127. The van der Waals surface area contributed by atoms with Gasteiger partial charge < -0.3 is 10.2 Å². The quantitative estimate of drug-likeness (QED) is 0.688. The van der Waals surface area contributed by atoms with Crippen LogP contribution in [0.25, 0.3) is 10.8 Å². The maximum absolute atomic E-state index is 9.88.